The van der Waals surface area contributed by atoms with Crippen molar-refractivity contribution in [2.45, 2.75) is 119 Å². The molecule has 4 amide bonds. The normalized spacial score (nSPS) is 25.0. The molecule has 0 radical (unpaired) electrons. The van der Waals surface area contributed by atoms with Crippen LogP contribution in [0.25, 0.3) is 33.3 Å². The molecule has 1 saturated heterocycles. The van der Waals surface area contributed by atoms with Crippen LogP contribution in [-0.2, 0) is 35.3 Å². The van der Waals surface area contributed by atoms with Crippen LogP contribution in [0, 0.1) is 5.92 Å². The van der Waals surface area contributed by atoms with Crippen molar-refractivity contribution in [2.75, 3.05) is 6.54 Å². The van der Waals surface area contributed by atoms with Crippen LogP contribution in [0.5, 0.6) is 5.75 Å². The van der Waals surface area contributed by atoms with Crippen LogP contribution in [-0.4, -0.2) is 83.2 Å². The Labute approximate surface area is 356 Å². The molecule has 5 atom stereocenters. The molecule has 2 aliphatic heterocycles. The molecule has 0 bridgehead atoms. The number of nitrogens with one attached hydrogen (secondary N) is 3. The van der Waals surface area contributed by atoms with E-state index in [1.54, 1.807) is 45.0 Å². The average molecular weight is 880 g/mol. The summed E-state index contributed by atoms with van der Waals surface area (Å²) in [5.41, 5.74) is -2.12. The Bertz CT molecular complexity index is 2570. The van der Waals surface area contributed by atoms with E-state index >= 15 is 0 Å². The van der Waals surface area contributed by atoms with Gasteiger partial charge in [-0.05, 0) is 83.6 Å². The van der Waals surface area contributed by atoms with E-state index in [0.717, 1.165) is 18.6 Å². The third-order valence-corrected chi connectivity index (χ3v) is 13.4. The maximum absolute atomic E-state index is 14.7. The molecule has 0 unspecified atom stereocenters. The van der Waals surface area contributed by atoms with Gasteiger partial charge in [-0.2, -0.15) is 13.2 Å². The van der Waals surface area contributed by atoms with Gasteiger partial charge >= 0.3 is 12.3 Å². The molecule has 0 spiro atoms. The maximum Gasteiger partial charge on any atom is 0.416 e. The Morgan fingerprint density at radius 2 is 1.77 bits per heavy atom. The first kappa shape index (κ1) is 43.0. The molecule has 330 valence electrons. The number of alkyl carbamates (subject to hydrolysis) is 1. The minimum absolute atomic E-state index is 0.0937. The van der Waals surface area contributed by atoms with Gasteiger partial charge in [0.15, 0.2) is 11.3 Å². The molecular weight excluding hydrogens is 832 g/mol. The minimum atomic E-state index is -4.62. The lowest BCUT2D eigenvalue weighted by Crippen LogP contribution is -2.58. The number of benzene rings is 2. The van der Waals surface area contributed by atoms with Crippen molar-refractivity contribution in [3.8, 4) is 17.0 Å². The van der Waals surface area contributed by atoms with E-state index in [9.17, 15) is 40.8 Å². The van der Waals surface area contributed by atoms with E-state index in [1.165, 1.54) is 23.1 Å². The predicted molar refractivity (Wildman–Crippen MR) is 221 cm³/mol. The van der Waals surface area contributed by atoms with Crippen LogP contribution in [0.1, 0.15) is 84.1 Å². The van der Waals surface area contributed by atoms with Gasteiger partial charge in [0.2, 0.25) is 21.8 Å². The lowest BCUT2D eigenvalue weighted by atomic mass is 10.0. The number of nitrogens with zero attached hydrogens (tertiary/aromatic N) is 2. The third kappa shape index (κ3) is 9.10. The van der Waals surface area contributed by atoms with Gasteiger partial charge in [-0.3, -0.25) is 19.1 Å². The molecule has 14 nitrogen and oxygen atoms in total. The van der Waals surface area contributed by atoms with E-state index in [1.807, 2.05) is 12.2 Å². The number of pyridine rings is 1. The van der Waals surface area contributed by atoms with Gasteiger partial charge in [0.25, 0.3) is 5.91 Å². The summed E-state index contributed by atoms with van der Waals surface area (Å²) in [6, 6.07) is 10.7. The number of alkyl halides is 3. The molecule has 2 saturated carbocycles. The van der Waals surface area contributed by atoms with E-state index < -0.39 is 86.1 Å². The van der Waals surface area contributed by atoms with Gasteiger partial charge in [-0.15, -0.1) is 0 Å². The molecule has 2 aromatic carbocycles. The van der Waals surface area contributed by atoms with E-state index in [2.05, 4.69) is 15.4 Å². The highest BCUT2D eigenvalue weighted by Crippen LogP contribution is 2.46. The summed E-state index contributed by atoms with van der Waals surface area (Å²) in [4.78, 5) is 62.2. The second kappa shape index (κ2) is 16.2. The fourth-order valence-corrected chi connectivity index (χ4v) is 9.58. The van der Waals surface area contributed by atoms with Crippen molar-refractivity contribution in [3.05, 3.63) is 72.3 Å². The Balaban J connectivity index is 1.16. The molecular formula is C44H48F3N5O9S. The standard InChI is InChI=1S/C44H48F3N5O9S/c1-42(2,3)61-41(56)49-31-16-8-6-4-5-7-13-27-23-43(27,40(55)51-62(57,58)29-18-19-29)50-38(53)33-21-28(24-52(33)39(31)54)59-35-22-32(25-12-11-14-26(20-25)44(45,46)47)48-36-30-15-9-10-17-34(30)60-37(35)36/h7,9-15,17,20,22,27-29,31,33H,4-6,8,16,18-19,21,23-24H2,1-3H3,(H,49,56)(H,50,53)(H,51,55)/t27-,28-,31+,33+,43-/m1/s1. The second-order valence-electron chi connectivity index (χ2n) is 17.6. The molecule has 4 aliphatic rings. The van der Waals surface area contributed by atoms with Crippen molar-refractivity contribution in [3.63, 3.8) is 0 Å². The number of sulfonamides is 1. The molecule has 2 aliphatic carbocycles. The summed E-state index contributed by atoms with van der Waals surface area (Å²) in [6.07, 6.45) is 0.983. The molecule has 2 aromatic heterocycles. The monoisotopic (exact) mass is 879 g/mol. The predicted octanol–water partition coefficient (Wildman–Crippen LogP) is 6.91. The number of rotatable bonds is 7. The molecule has 4 heterocycles. The summed E-state index contributed by atoms with van der Waals surface area (Å²) in [5, 5.41) is 5.41. The Morgan fingerprint density at radius 3 is 2.52 bits per heavy atom. The molecule has 3 fully saturated rings. The topological polar surface area (TPSA) is 186 Å². The van der Waals surface area contributed by atoms with Crippen molar-refractivity contribution in [1.29, 1.82) is 0 Å². The van der Waals surface area contributed by atoms with Gasteiger partial charge in [0.1, 0.15) is 40.4 Å². The maximum atomic E-state index is 14.7. The van der Waals surface area contributed by atoms with Crippen LogP contribution in [0.2, 0.25) is 0 Å². The van der Waals surface area contributed by atoms with Gasteiger partial charge in [-0.1, -0.05) is 49.3 Å². The number of allylic oxidation sites excluding steroid dienone is 1. The fourth-order valence-electron chi connectivity index (χ4n) is 8.22. The molecule has 3 N–H and O–H groups in total. The lowest BCUT2D eigenvalue weighted by Gasteiger charge is -2.30. The average Bonchev–Trinajstić information content (AvgIpc) is 4.10. The van der Waals surface area contributed by atoms with Crippen LogP contribution in [0.3, 0.4) is 0 Å². The quantitative estimate of drug-likeness (QED) is 0.165. The Hall–Kier alpha value is -5.65. The van der Waals surface area contributed by atoms with Crippen molar-refractivity contribution in [1.82, 2.24) is 25.2 Å². The number of hydrogen-bond donors (Lipinski definition) is 3. The third-order valence-electron chi connectivity index (χ3n) is 11.6. The number of carbonyl (C=O) groups is 4. The largest absolute Gasteiger partial charge is 0.484 e. The van der Waals surface area contributed by atoms with Gasteiger partial charge in [0.05, 0.1) is 23.1 Å². The highest BCUT2D eigenvalue weighted by molar-refractivity contribution is 7.91. The van der Waals surface area contributed by atoms with E-state index in [-0.39, 0.29) is 48.4 Å². The smallest absolute Gasteiger partial charge is 0.416 e. The lowest BCUT2D eigenvalue weighted by molar-refractivity contribution is -0.141. The number of para-hydroxylation sites is 1. The Kier molecular flexibility index (Phi) is 11.3. The van der Waals surface area contributed by atoms with Crippen molar-refractivity contribution < 1.29 is 54.7 Å². The first-order valence-corrected chi connectivity index (χ1v) is 22.4. The molecule has 18 heteroatoms. The van der Waals surface area contributed by atoms with Gasteiger partial charge in [-0.25, -0.2) is 18.2 Å². The van der Waals surface area contributed by atoms with Gasteiger partial charge in [0, 0.05) is 29.4 Å². The number of fused-ring (bicyclic) bond motifs is 5. The summed E-state index contributed by atoms with van der Waals surface area (Å²) < 4.78 is 87.8. The number of carbonyl (C=O) groups excluding carboxylic acids is 4. The van der Waals surface area contributed by atoms with Crippen LogP contribution in [0.15, 0.2) is 71.2 Å². The van der Waals surface area contributed by atoms with Crippen LogP contribution in [0.4, 0.5) is 18.0 Å². The zero-order valence-corrected chi connectivity index (χ0v) is 35.2. The summed E-state index contributed by atoms with van der Waals surface area (Å²) in [6.45, 7) is 4.87. The number of aromatic nitrogens is 1. The van der Waals surface area contributed by atoms with Gasteiger partial charge < -0.3 is 29.4 Å². The summed E-state index contributed by atoms with van der Waals surface area (Å²) in [5.74, 6) is -2.63. The molecule has 62 heavy (non-hydrogen) atoms. The second-order valence-corrected chi connectivity index (χ2v) is 19.5. The van der Waals surface area contributed by atoms with Crippen LogP contribution >= 0.6 is 0 Å². The highest BCUT2D eigenvalue weighted by Gasteiger charge is 2.62. The van der Waals surface area contributed by atoms with E-state index in [4.69, 9.17) is 18.9 Å². The number of amides is 4. The highest BCUT2D eigenvalue weighted by atomic mass is 32.2. The molecule has 8 rings (SSSR count). The van der Waals surface area contributed by atoms with E-state index in [0.29, 0.717) is 48.6 Å². The molecule has 4 aromatic rings. The minimum Gasteiger partial charge on any atom is -0.484 e. The number of ether oxygens (including phenoxy) is 2. The first-order chi connectivity index (χ1) is 29.3. The van der Waals surface area contributed by atoms with Crippen LogP contribution < -0.4 is 20.1 Å². The summed E-state index contributed by atoms with van der Waals surface area (Å²) >= 11 is 0. The van der Waals surface area contributed by atoms with Crippen molar-refractivity contribution in [2.24, 2.45) is 5.92 Å². The first-order valence-electron chi connectivity index (χ1n) is 20.8. The summed E-state index contributed by atoms with van der Waals surface area (Å²) in [7, 11) is -3.97. The number of furan rings is 1. The number of hydrogen-bond acceptors (Lipinski definition) is 10. The number of halogens is 3. The fraction of sp³-hybridized carbons (Fsp3) is 0.477. The Morgan fingerprint density at radius 1 is 1.00 bits per heavy atom. The zero-order chi connectivity index (χ0) is 44.2. The SMILES string of the molecule is CC(C)(C)OC(=O)N[C@H]1CCCCCC=C[C@@H]2C[C@@]2(C(=O)NS(=O)(=O)C2CC2)NC(=O)[C@@H]2C[C@@H](Oc3cc(-c4cccc(C(F)(F)F)c4)nc4c3oc3ccccc34)CN2C1=O. The van der Waals surface area contributed by atoms with Crippen molar-refractivity contribution >= 4 is 55.9 Å². The zero-order valence-electron chi connectivity index (χ0n) is 34.4.